The Bertz CT molecular complexity index is 660. The Balaban J connectivity index is 1.97. The molecule has 1 fully saturated rings. The lowest BCUT2D eigenvalue weighted by molar-refractivity contribution is 0.0593. The monoisotopic (exact) mass is 288 g/mol. The Morgan fingerprint density at radius 1 is 1.43 bits per heavy atom. The van der Waals surface area contributed by atoms with Gasteiger partial charge in [-0.05, 0) is 19.8 Å². The van der Waals surface area contributed by atoms with Gasteiger partial charge < -0.3 is 10.5 Å². The molecule has 1 aliphatic carbocycles. The number of methoxy groups -OCH3 is 1. The first kappa shape index (κ1) is 13.6. The average Bonchev–Trinajstić information content (AvgIpc) is 3.25. The quantitative estimate of drug-likeness (QED) is 0.826. The van der Waals surface area contributed by atoms with Crippen molar-refractivity contribution in [1.29, 1.82) is 0 Å². The third kappa shape index (κ3) is 2.62. The standard InChI is InChI=1S/C13H16N6O2/c1-7(14)12-17-11(8-3-4-8)18-19(12)10-6-15-9(5-16-10)13(20)21-2/h5-8H,3-4,14H2,1-2H3. The van der Waals surface area contributed by atoms with E-state index < -0.39 is 5.97 Å². The molecule has 8 heteroatoms. The molecule has 0 saturated heterocycles. The van der Waals surface area contributed by atoms with Gasteiger partial charge in [0.05, 0.1) is 25.5 Å². The SMILES string of the molecule is COC(=O)c1cnc(-n2nc(C3CC3)nc2C(C)N)cn1. The van der Waals surface area contributed by atoms with Gasteiger partial charge in [-0.15, -0.1) is 5.10 Å². The van der Waals surface area contributed by atoms with Gasteiger partial charge in [0.25, 0.3) is 0 Å². The molecular formula is C13H16N6O2. The number of carbonyl (C=O) groups excluding carboxylic acids is 1. The van der Waals surface area contributed by atoms with Gasteiger partial charge in [0.15, 0.2) is 23.2 Å². The van der Waals surface area contributed by atoms with Crippen molar-refractivity contribution in [2.24, 2.45) is 5.73 Å². The molecule has 1 aliphatic rings. The Morgan fingerprint density at radius 3 is 2.71 bits per heavy atom. The number of esters is 1. The molecular weight excluding hydrogens is 272 g/mol. The maximum atomic E-state index is 11.4. The molecule has 1 unspecified atom stereocenters. The predicted molar refractivity (Wildman–Crippen MR) is 72.9 cm³/mol. The number of nitrogens with zero attached hydrogens (tertiary/aromatic N) is 5. The fourth-order valence-electron chi connectivity index (χ4n) is 1.96. The van der Waals surface area contributed by atoms with Crippen molar-refractivity contribution >= 4 is 5.97 Å². The smallest absolute Gasteiger partial charge is 0.358 e. The second-order valence-corrected chi connectivity index (χ2v) is 5.05. The first-order valence-corrected chi connectivity index (χ1v) is 6.73. The molecule has 2 aromatic rings. The molecule has 0 amide bonds. The molecule has 3 rings (SSSR count). The van der Waals surface area contributed by atoms with E-state index >= 15 is 0 Å². The van der Waals surface area contributed by atoms with Crippen LogP contribution in [0.25, 0.3) is 5.82 Å². The van der Waals surface area contributed by atoms with Crippen LogP contribution < -0.4 is 5.73 Å². The highest BCUT2D eigenvalue weighted by Gasteiger charge is 2.30. The van der Waals surface area contributed by atoms with E-state index in [1.807, 2.05) is 6.92 Å². The molecule has 0 spiro atoms. The Morgan fingerprint density at radius 2 is 2.19 bits per heavy atom. The minimum Gasteiger partial charge on any atom is -0.464 e. The second kappa shape index (κ2) is 5.21. The van der Waals surface area contributed by atoms with E-state index in [1.165, 1.54) is 19.5 Å². The van der Waals surface area contributed by atoms with Gasteiger partial charge in [-0.1, -0.05) is 0 Å². The Hall–Kier alpha value is -2.35. The summed E-state index contributed by atoms with van der Waals surface area (Å²) in [7, 11) is 1.30. The van der Waals surface area contributed by atoms with Crippen LogP contribution in [0.1, 0.15) is 53.9 Å². The number of nitrogens with two attached hydrogens (primary N) is 1. The molecule has 8 nitrogen and oxygen atoms in total. The van der Waals surface area contributed by atoms with Crippen molar-refractivity contribution in [2.75, 3.05) is 7.11 Å². The van der Waals surface area contributed by atoms with Gasteiger partial charge in [0, 0.05) is 5.92 Å². The minimum atomic E-state index is -0.529. The Labute approximate surface area is 121 Å². The van der Waals surface area contributed by atoms with E-state index in [1.54, 1.807) is 4.68 Å². The van der Waals surface area contributed by atoms with Gasteiger partial charge >= 0.3 is 5.97 Å². The molecule has 0 aromatic carbocycles. The molecule has 1 saturated carbocycles. The Kier molecular flexibility index (Phi) is 3.38. The number of hydrogen-bond acceptors (Lipinski definition) is 7. The molecule has 2 heterocycles. The third-order valence-corrected chi connectivity index (χ3v) is 3.25. The van der Waals surface area contributed by atoms with Crippen molar-refractivity contribution in [2.45, 2.75) is 31.7 Å². The highest BCUT2D eigenvalue weighted by atomic mass is 16.5. The number of ether oxygens (including phenoxy) is 1. The van der Waals surface area contributed by atoms with Crippen molar-refractivity contribution < 1.29 is 9.53 Å². The van der Waals surface area contributed by atoms with Crippen LogP contribution >= 0.6 is 0 Å². The number of hydrogen-bond donors (Lipinski definition) is 1. The topological polar surface area (TPSA) is 109 Å². The average molecular weight is 288 g/mol. The molecule has 0 radical (unpaired) electrons. The van der Waals surface area contributed by atoms with Crippen molar-refractivity contribution in [3.8, 4) is 5.82 Å². The molecule has 21 heavy (non-hydrogen) atoms. The van der Waals surface area contributed by atoms with Gasteiger partial charge in [0.1, 0.15) is 0 Å². The van der Waals surface area contributed by atoms with E-state index in [4.69, 9.17) is 5.73 Å². The molecule has 2 N–H and O–H groups in total. The minimum absolute atomic E-state index is 0.145. The van der Waals surface area contributed by atoms with Crippen LogP contribution in [-0.2, 0) is 4.74 Å². The largest absolute Gasteiger partial charge is 0.464 e. The van der Waals surface area contributed by atoms with Gasteiger partial charge in [-0.3, -0.25) is 0 Å². The van der Waals surface area contributed by atoms with E-state index in [9.17, 15) is 4.79 Å². The summed E-state index contributed by atoms with van der Waals surface area (Å²) in [6.07, 6.45) is 5.03. The number of carbonyl (C=O) groups is 1. The van der Waals surface area contributed by atoms with Crippen molar-refractivity contribution in [3.63, 3.8) is 0 Å². The third-order valence-electron chi connectivity index (χ3n) is 3.25. The summed E-state index contributed by atoms with van der Waals surface area (Å²) < 4.78 is 6.18. The first-order chi connectivity index (χ1) is 10.1. The normalized spacial score (nSPS) is 15.8. The molecule has 2 aromatic heterocycles. The highest BCUT2D eigenvalue weighted by molar-refractivity contribution is 5.86. The first-order valence-electron chi connectivity index (χ1n) is 6.73. The van der Waals surface area contributed by atoms with Crippen molar-refractivity contribution in [1.82, 2.24) is 24.7 Å². The van der Waals surface area contributed by atoms with Crippen LogP contribution in [-0.4, -0.2) is 37.8 Å². The zero-order valence-electron chi connectivity index (χ0n) is 11.9. The fourth-order valence-corrected chi connectivity index (χ4v) is 1.96. The van der Waals surface area contributed by atoms with Crippen LogP contribution in [0.5, 0.6) is 0 Å². The van der Waals surface area contributed by atoms with Crippen LogP contribution in [0.15, 0.2) is 12.4 Å². The van der Waals surface area contributed by atoms with E-state index in [2.05, 4.69) is 24.8 Å². The van der Waals surface area contributed by atoms with Gasteiger partial charge in [-0.2, -0.15) is 4.68 Å². The summed E-state index contributed by atoms with van der Waals surface area (Å²) in [6, 6.07) is -0.271. The lowest BCUT2D eigenvalue weighted by Crippen LogP contribution is -2.15. The molecule has 1 atom stereocenters. The second-order valence-electron chi connectivity index (χ2n) is 5.05. The molecule has 0 bridgehead atoms. The number of rotatable bonds is 4. The summed E-state index contributed by atoms with van der Waals surface area (Å²) in [5.74, 6) is 1.80. The van der Waals surface area contributed by atoms with Crippen LogP contribution in [0.4, 0.5) is 0 Å². The lowest BCUT2D eigenvalue weighted by atomic mass is 10.3. The predicted octanol–water partition coefficient (Wildman–Crippen LogP) is 0.741. The summed E-state index contributed by atoms with van der Waals surface area (Å²) >= 11 is 0. The summed E-state index contributed by atoms with van der Waals surface area (Å²) in [5, 5.41) is 4.47. The van der Waals surface area contributed by atoms with Gasteiger partial charge in [-0.25, -0.2) is 19.7 Å². The summed E-state index contributed by atoms with van der Waals surface area (Å²) in [5.41, 5.74) is 6.08. The maximum absolute atomic E-state index is 11.4. The van der Waals surface area contributed by atoms with Crippen LogP contribution in [0.3, 0.4) is 0 Å². The number of aromatic nitrogens is 5. The van der Waals surface area contributed by atoms with E-state index in [0.717, 1.165) is 18.7 Å². The summed E-state index contributed by atoms with van der Waals surface area (Å²) in [4.78, 5) is 24.1. The van der Waals surface area contributed by atoms with Crippen LogP contribution in [0, 0.1) is 0 Å². The molecule has 110 valence electrons. The molecule has 0 aliphatic heterocycles. The van der Waals surface area contributed by atoms with Gasteiger partial charge in [0.2, 0.25) is 0 Å². The zero-order chi connectivity index (χ0) is 15.0. The fraction of sp³-hybridized carbons (Fsp3) is 0.462. The summed E-state index contributed by atoms with van der Waals surface area (Å²) in [6.45, 7) is 1.84. The zero-order valence-corrected chi connectivity index (χ0v) is 11.9. The van der Waals surface area contributed by atoms with E-state index in [-0.39, 0.29) is 11.7 Å². The van der Waals surface area contributed by atoms with Crippen LogP contribution in [0.2, 0.25) is 0 Å². The van der Waals surface area contributed by atoms with E-state index in [0.29, 0.717) is 17.6 Å². The maximum Gasteiger partial charge on any atom is 0.358 e. The highest BCUT2D eigenvalue weighted by Crippen LogP contribution is 2.38. The van der Waals surface area contributed by atoms with Crippen molar-refractivity contribution in [3.05, 3.63) is 29.7 Å². The lowest BCUT2D eigenvalue weighted by Gasteiger charge is -2.07.